The first kappa shape index (κ1) is 21.5. The van der Waals surface area contributed by atoms with Crippen molar-refractivity contribution < 1.29 is 18.7 Å². The second kappa shape index (κ2) is 9.17. The highest BCUT2D eigenvalue weighted by molar-refractivity contribution is 5.89. The van der Waals surface area contributed by atoms with Crippen molar-refractivity contribution in [3.8, 4) is 11.5 Å². The fourth-order valence-electron chi connectivity index (χ4n) is 3.42. The Morgan fingerprint density at radius 3 is 2.78 bits per heavy atom. The molecule has 32 heavy (non-hydrogen) atoms. The summed E-state index contributed by atoms with van der Waals surface area (Å²) in [6, 6.07) is 9.44. The number of amides is 1. The molecule has 0 bridgehead atoms. The summed E-state index contributed by atoms with van der Waals surface area (Å²) < 4.78 is 25.3. The zero-order chi connectivity index (χ0) is 22.7. The van der Waals surface area contributed by atoms with Crippen LogP contribution in [-0.4, -0.2) is 33.7 Å². The van der Waals surface area contributed by atoms with E-state index < -0.39 is 11.9 Å². The summed E-state index contributed by atoms with van der Waals surface area (Å²) >= 11 is 0. The van der Waals surface area contributed by atoms with Gasteiger partial charge in [0.1, 0.15) is 18.2 Å². The van der Waals surface area contributed by atoms with Crippen LogP contribution in [0, 0.1) is 11.7 Å². The number of hydrogen-bond donors (Lipinski definition) is 1. The van der Waals surface area contributed by atoms with Crippen molar-refractivity contribution in [2.24, 2.45) is 5.92 Å². The van der Waals surface area contributed by atoms with Gasteiger partial charge in [-0.05, 0) is 48.7 Å². The summed E-state index contributed by atoms with van der Waals surface area (Å²) in [5.74, 6) is 1.07. The lowest BCUT2D eigenvalue weighted by molar-refractivity contribution is 0.177. The van der Waals surface area contributed by atoms with Crippen molar-refractivity contribution in [2.45, 2.75) is 32.9 Å². The number of cyclic esters (lactones) is 1. The first-order valence-corrected chi connectivity index (χ1v) is 10.4. The minimum atomic E-state index is -0.491. The molecule has 9 heteroatoms. The monoisotopic (exact) mass is 437 g/mol. The molecule has 166 valence electrons. The molecule has 1 fully saturated rings. The third-order valence-corrected chi connectivity index (χ3v) is 5.23. The standard InChI is InChI=1S/C23H24FN5O3/c1-14(2)19-13-31-23(30)29(19)21-8-10-26-22(28-21)27-15(3)16-6-7-20(18(24)11-16)32-17-5-4-9-25-12-17/h4-12,14-15,19H,13H2,1-3H3,(H,26,27,28)/t15-,19?/m1/s1. The molecular formula is C23H24FN5O3. The Bertz CT molecular complexity index is 1100. The van der Waals surface area contributed by atoms with Gasteiger partial charge in [0, 0.05) is 12.4 Å². The molecule has 1 saturated heterocycles. The van der Waals surface area contributed by atoms with Crippen LogP contribution in [-0.2, 0) is 4.74 Å². The summed E-state index contributed by atoms with van der Waals surface area (Å²) in [5, 5.41) is 3.16. The van der Waals surface area contributed by atoms with Crippen molar-refractivity contribution in [1.82, 2.24) is 15.0 Å². The predicted molar refractivity (Wildman–Crippen MR) is 117 cm³/mol. The van der Waals surface area contributed by atoms with Crippen LogP contribution in [0.2, 0.25) is 0 Å². The van der Waals surface area contributed by atoms with Crippen LogP contribution in [0.25, 0.3) is 0 Å². The van der Waals surface area contributed by atoms with E-state index in [1.165, 1.54) is 12.3 Å². The summed E-state index contributed by atoms with van der Waals surface area (Å²) in [4.78, 5) is 26.4. The Hall–Kier alpha value is -3.75. The molecule has 1 aromatic carbocycles. The molecule has 4 rings (SSSR count). The van der Waals surface area contributed by atoms with E-state index in [-0.39, 0.29) is 23.8 Å². The highest BCUT2D eigenvalue weighted by Crippen LogP contribution is 2.29. The number of ether oxygens (including phenoxy) is 2. The quantitative estimate of drug-likeness (QED) is 0.559. The second-order valence-electron chi connectivity index (χ2n) is 7.84. The highest BCUT2D eigenvalue weighted by atomic mass is 19.1. The maximum atomic E-state index is 14.6. The van der Waals surface area contributed by atoms with E-state index in [9.17, 15) is 9.18 Å². The second-order valence-corrected chi connectivity index (χ2v) is 7.84. The van der Waals surface area contributed by atoms with Crippen molar-refractivity contribution in [3.05, 3.63) is 66.4 Å². The van der Waals surface area contributed by atoms with Gasteiger partial charge in [-0.2, -0.15) is 4.98 Å². The minimum absolute atomic E-state index is 0.0934. The molecule has 3 aromatic rings. The van der Waals surface area contributed by atoms with Gasteiger partial charge in [0.15, 0.2) is 11.6 Å². The summed E-state index contributed by atoms with van der Waals surface area (Å²) in [6.45, 7) is 6.25. The van der Waals surface area contributed by atoms with Gasteiger partial charge in [0.25, 0.3) is 0 Å². The third-order valence-electron chi connectivity index (χ3n) is 5.23. The molecular weight excluding hydrogens is 413 g/mol. The number of anilines is 2. The van der Waals surface area contributed by atoms with E-state index in [2.05, 4.69) is 20.3 Å². The van der Waals surface area contributed by atoms with Crippen molar-refractivity contribution in [1.29, 1.82) is 0 Å². The first-order valence-electron chi connectivity index (χ1n) is 10.4. The van der Waals surface area contributed by atoms with Crippen LogP contribution in [0.4, 0.5) is 21.0 Å². The van der Waals surface area contributed by atoms with Gasteiger partial charge in [-0.25, -0.2) is 14.2 Å². The number of aromatic nitrogens is 3. The van der Waals surface area contributed by atoms with Crippen LogP contribution in [0.15, 0.2) is 55.0 Å². The van der Waals surface area contributed by atoms with Crippen LogP contribution in [0.1, 0.15) is 32.4 Å². The number of benzene rings is 1. The van der Waals surface area contributed by atoms with Crippen molar-refractivity contribution >= 4 is 17.9 Å². The van der Waals surface area contributed by atoms with Gasteiger partial charge in [0.05, 0.1) is 18.3 Å². The lowest BCUT2D eigenvalue weighted by Crippen LogP contribution is -2.37. The maximum absolute atomic E-state index is 14.6. The molecule has 2 atom stereocenters. The number of carbonyl (C=O) groups is 1. The SMILES string of the molecule is CC(C)C1COC(=O)N1c1ccnc(N[C@H](C)c2ccc(Oc3cccnc3)c(F)c2)n1. The molecule has 1 aliphatic heterocycles. The van der Waals surface area contributed by atoms with Crippen molar-refractivity contribution in [3.63, 3.8) is 0 Å². The zero-order valence-corrected chi connectivity index (χ0v) is 18.0. The fraction of sp³-hybridized carbons (Fsp3) is 0.304. The number of pyridine rings is 1. The molecule has 0 saturated carbocycles. The van der Waals surface area contributed by atoms with E-state index in [4.69, 9.17) is 9.47 Å². The maximum Gasteiger partial charge on any atom is 0.415 e. The Labute approximate surface area is 185 Å². The number of halogens is 1. The molecule has 0 spiro atoms. The number of nitrogens with zero attached hydrogens (tertiary/aromatic N) is 4. The molecule has 1 amide bonds. The molecule has 0 aliphatic carbocycles. The van der Waals surface area contributed by atoms with Crippen molar-refractivity contribution in [2.75, 3.05) is 16.8 Å². The Balaban J connectivity index is 1.48. The summed E-state index contributed by atoms with van der Waals surface area (Å²) in [5.41, 5.74) is 0.690. The number of nitrogens with one attached hydrogen (secondary N) is 1. The van der Waals surface area contributed by atoms with E-state index in [1.807, 2.05) is 20.8 Å². The van der Waals surface area contributed by atoms with Gasteiger partial charge in [-0.1, -0.05) is 19.9 Å². The van der Waals surface area contributed by atoms with Gasteiger partial charge < -0.3 is 14.8 Å². The average Bonchev–Trinajstić information content (AvgIpc) is 3.18. The smallest absolute Gasteiger partial charge is 0.415 e. The first-order chi connectivity index (χ1) is 15.4. The average molecular weight is 437 g/mol. The van der Waals surface area contributed by atoms with Gasteiger partial charge in [-0.3, -0.25) is 9.88 Å². The van der Waals surface area contributed by atoms with E-state index in [1.54, 1.807) is 47.6 Å². The lowest BCUT2D eigenvalue weighted by atomic mass is 10.0. The third kappa shape index (κ3) is 4.61. The van der Waals surface area contributed by atoms with Crippen LogP contribution >= 0.6 is 0 Å². The van der Waals surface area contributed by atoms with Gasteiger partial charge in [-0.15, -0.1) is 0 Å². The van der Waals surface area contributed by atoms with E-state index in [0.29, 0.717) is 29.7 Å². The number of rotatable bonds is 7. The van der Waals surface area contributed by atoms with Crippen LogP contribution in [0.3, 0.4) is 0 Å². The van der Waals surface area contributed by atoms with Gasteiger partial charge >= 0.3 is 6.09 Å². The number of hydrogen-bond acceptors (Lipinski definition) is 7. The molecule has 1 N–H and O–H groups in total. The molecule has 2 aromatic heterocycles. The fourth-order valence-corrected chi connectivity index (χ4v) is 3.42. The highest BCUT2D eigenvalue weighted by Gasteiger charge is 2.37. The molecule has 1 unspecified atom stereocenters. The Morgan fingerprint density at radius 1 is 1.22 bits per heavy atom. The summed E-state index contributed by atoms with van der Waals surface area (Å²) in [6.07, 6.45) is 4.28. The largest absolute Gasteiger partial charge is 0.453 e. The Morgan fingerprint density at radius 2 is 2.06 bits per heavy atom. The molecule has 8 nitrogen and oxygen atoms in total. The summed E-state index contributed by atoms with van der Waals surface area (Å²) in [7, 11) is 0. The Kier molecular flexibility index (Phi) is 6.16. The minimum Gasteiger partial charge on any atom is -0.453 e. The van der Waals surface area contributed by atoms with Gasteiger partial charge in [0.2, 0.25) is 5.95 Å². The normalized spacial score (nSPS) is 16.7. The zero-order valence-electron chi connectivity index (χ0n) is 18.0. The molecule has 3 heterocycles. The van der Waals surface area contributed by atoms with E-state index >= 15 is 0 Å². The van der Waals surface area contributed by atoms with Crippen LogP contribution < -0.4 is 15.0 Å². The molecule has 1 aliphatic rings. The molecule has 0 radical (unpaired) electrons. The van der Waals surface area contributed by atoms with Crippen LogP contribution in [0.5, 0.6) is 11.5 Å². The number of carbonyl (C=O) groups excluding carboxylic acids is 1. The topological polar surface area (TPSA) is 89.5 Å². The van der Waals surface area contributed by atoms with E-state index in [0.717, 1.165) is 0 Å². The predicted octanol–water partition coefficient (Wildman–Crippen LogP) is 4.96. The lowest BCUT2D eigenvalue weighted by Gasteiger charge is -2.23.